The molecule has 2 saturated heterocycles. The maximum Gasteiger partial charge on any atom is 0.325 e. The second kappa shape index (κ2) is 8.85. The molecule has 0 aromatic rings. The van der Waals surface area contributed by atoms with Crippen LogP contribution in [0.3, 0.4) is 0 Å². The van der Waals surface area contributed by atoms with E-state index in [9.17, 15) is 9.59 Å². The molecule has 1 atom stereocenters. The molecule has 0 radical (unpaired) electrons. The average Bonchev–Trinajstić information content (AvgIpc) is 2.76. The third kappa shape index (κ3) is 4.37. The van der Waals surface area contributed by atoms with Crippen molar-refractivity contribution in [2.24, 2.45) is 11.8 Å². The minimum Gasteiger partial charge on any atom is -0.396 e. The Bertz CT molecular complexity index is 413. The van der Waals surface area contributed by atoms with Crippen LogP contribution in [0.4, 0.5) is 4.79 Å². The van der Waals surface area contributed by atoms with Gasteiger partial charge in [-0.05, 0) is 57.0 Å². The molecule has 0 aromatic carbocycles. The summed E-state index contributed by atoms with van der Waals surface area (Å²) in [7, 11) is 0. The van der Waals surface area contributed by atoms with Crippen LogP contribution in [0.15, 0.2) is 0 Å². The van der Waals surface area contributed by atoms with E-state index in [1.54, 1.807) is 0 Å². The molecule has 0 spiro atoms. The van der Waals surface area contributed by atoms with Crippen molar-refractivity contribution in [3.8, 4) is 0 Å². The van der Waals surface area contributed by atoms with E-state index < -0.39 is 5.54 Å². The van der Waals surface area contributed by atoms with Crippen LogP contribution in [0.5, 0.6) is 0 Å². The smallest absolute Gasteiger partial charge is 0.325 e. The molecule has 2 fully saturated rings. The topological polar surface area (TPSA) is 81.7 Å². The van der Waals surface area contributed by atoms with E-state index in [0.717, 1.165) is 32.4 Å². The Kier molecular flexibility index (Phi) is 7.77. The number of amides is 3. The predicted molar refractivity (Wildman–Crippen MR) is 91.6 cm³/mol. The molecule has 0 bridgehead atoms. The Morgan fingerprint density at radius 2 is 1.96 bits per heavy atom. The molecule has 2 rings (SSSR count). The van der Waals surface area contributed by atoms with Gasteiger partial charge >= 0.3 is 6.03 Å². The fourth-order valence-corrected chi connectivity index (χ4v) is 3.56. The summed E-state index contributed by atoms with van der Waals surface area (Å²) in [6.45, 7) is 6.36. The molecule has 134 valence electrons. The highest BCUT2D eigenvalue weighted by Crippen LogP contribution is 2.36. The lowest BCUT2D eigenvalue weighted by Gasteiger charge is -2.38. The van der Waals surface area contributed by atoms with Gasteiger partial charge in [0.15, 0.2) is 0 Å². The van der Waals surface area contributed by atoms with Crippen molar-refractivity contribution in [1.29, 1.82) is 0 Å². The molecule has 0 saturated carbocycles. The molecule has 1 unspecified atom stereocenters. The molecular formula is C16H30ClN3O3. The number of aliphatic hydroxyl groups is 1. The molecule has 23 heavy (non-hydrogen) atoms. The van der Waals surface area contributed by atoms with Gasteiger partial charge in [-0.1, -0.05) is 13.8 Å². The summed E-state index contributed by atoms with van der Waals surface area (Å²) < 4.78 is 0. The van der Waals surface area contributed by atoms with E-state index in [1.807, 2.05) is 0 Å². The summed E-state index contributed by atoms with van der Waals surface area (Å²) in [5, 5.41) is 15.3. The van der Waals surface area contributed by atoms with Crippen LogP contribution in [-0.2, 0) is 4.79 Å². The van der Waals surface area contributed by atoms with Crippen molar-refractivity contribution in [2.45, 2.75) is 51.5 Å². The molecule has 2 aliphatic rings. The van der Waals surface area contributed by atoms with Crippen molar-refractivity contribution in [1.82, 2.24) is 15.5 Å². The van der Waals surface area contributed by atoms with Gasteiger partial charge in [-0.3, -0.25) is 9.69 Å². The fraction of sp³-hybridized carbons (Fsp3) is 0.875. The maximum absolute atomic E-state index is 13.0. The van der Waals surface area contributed by atoms with E-state index in [1.165, 1.54) is 4.90 Å². The van der Waals surface area contributed by atoms with Gasteiger partial charge in [-0.15, -0.1) is 12.4 Å². The fourth-order valence-electron chi connectivity index (χ4n) is 3.56. The van der Waals surface area contributed by atoms with Crippen molar-refractivity contribution < 1.29 is 14.7 Å². The molecule has 2 heterocycles. The zero-order chi connectivity index (χ0) is 16.2. The zero-order valence-corrected chi connectivity index (χ0v) is 15.0. The molecular weight excluding hydrogens is 318 g/mol. The molecule has 2 aliphatic heterocycles. The third-order valence-electron chi connectivity index (χ3n) is 4.89. The van der Waals surface area contributed by atoms with Crippen LogP contribution in [0.1, 0.15) is 46.0 Å². The highest BCUT2D eigenvalue weighted by Gasteiger charge is 2.54. The summed E-state index contributed by atoms with van der Waals surface area (Å²) in [4.78, 5) is 26.6. The van der Waals surface area contributed by atoms with Gasteiger partial charge in [0.05, 0.1) is 0 Å². The summed E-state index contributed by atoms with van der Waals surface area (Å²) >= 11 is 0. The van der Waals surface area contributed by atoms with Crippen LogP contribution < -0.4 is 10.6 Å². The number of rotatable bonds is 7. The zero-order valence-electron chi connectivity index (χ0n) is 14.1. The molecule has 3 N–H and O–H groups in total. The number of halogens is 1. The number of hydrogen-bond acceptors (Lipinski definition) is 4. The van der Waals surface area contributed by atoms with Crippen molar-refractivity contribution in [3.05, 3.63) is 0 Å². The highest BCUT2D eigenvalue weighted by molar-refractivity contribution is 6.07. The van der Waals surface area contributed by atoms with Crippen molar-refractivity contribution in [3.63, 3.8) is 0 Å². The Morgan fingerprint density at radius 1 is 1.30 bits per heavy atom. The summed E-state index contributed by atoms with van der Waals surface area (Å²) in [5.74, 6) is 0.608. The van der Waals surface area contributed by atoms with E-state index in [4.69, 9.17) is 5.11 Å². The maximum atomic E-state index is 13.0. The first kappa shape index (κ1) is 20.2. The number of aliphatic hydroxyl groups excluding tert-OH is 1. The van der Waals surface area contributed by atoms with Crippen LogP contribution >= 0.6 is 12.4 Å². The Balaban J connectivity index is 0.00000264. The predicted octanol–water partition coefficient (Wildman–Crippen LogP) is 1.52. The summed E-state index contributed by atoms with van der Waals surface area (Å²) in [6, 6.07) is -0.291. The van der Waals surface area contributed by atoms with E-state index in [2.05, 4.69) is 24.5 Å². The van der Waals surface area contributed by atoms with Crippen molar-refractivity contribution in [2.75, 3.05) is 26.2 Å². The lowest BCUT2D eigenvalue weighted by Crippen LogP contribution is -2.56. The lowest BCUT2D eigenvalue weighted by molar-refractivity contribution is -0.134. The third-order valence-corrected chi connectivity index (χ3v) is 4.89. The molecule has 7 heteroatoms. The molecule has 6 nitrogen and oxygen atoms in total. The first-order valence-electron chi connectivity index (χ1n) is 8.47. The Labute approximate surface area is 144 Å². The monoisotopic (exact) mass is 347 g/mol. The number of carbonyl (C=O) groups is 2. The number of nitrogens with zero attached hydrogens (tertiary/aromatic N) is 1. The van der Waals surface area contributed by atoms with Crippen LogP contribution in [-0.4, -0.2) is 53.7 Å². The Hall–Kier alpha value is -0.850. The quantitative estimate of drug-likeness (QED) is 0.610. The number of nitrogens with one attached hydrogen (secondary N) is 2. The van der Waals surface area contributed by atoms with Gasteiger partial charge in [-0.25, -0.2) is 4.79 Å². The lowest BCUT2D eigenvalue weighted by atomic mass is 9.74. The highest BCUT2D eigenvalue weighted by atomic mass is 35.5. The second-order valence-electron chi connectivity index (χ2n) is 6.89. The van der Waals surface area contributed by atoms with E-state index in [-0.39, 0.29) is 36.9 Å². The minimum absolute atomic E-state index is 0. The molecule has 0 aliphatic carbocycles. The SMILES string of the molecule is CC(C)CCC1(C2CCNCC2)NC(=O)N(CCCO)C1=O.Cl. The van der Waals surface area contributed by atoms with Crippen molar-refractivity contribution >= 4 is 24.3 Å². The standard InChI is InChI=1S/C16H29N3O3.ClH/c1-12(2)4-7-16(13-5-8-17-9-6-13)14(21)19(10-3-11-20)15(22)18-16;/h12-13,17,20H,3-11H2,1-2H3,(H,18,22);1H. The van der Waals surface area contributed by atoms with E-state index in [0.29, 0.717) is 25.3 Å². The van der Waals surface area contributed by atoms with Gasteiger partial charge in [0.25, 0.3) is 5.91 Å². The number of hydrogen-bond donors (Lipinski definition) is 3. The second-order valence-corrected chi connectivity index (χ2v) is 6.89. The first-order valence-corrected chi connectivity index (χ1v) is 8.47. The van der Waals surface area contributed by atoms with Gasteiger partial charge in [0.2, 0.25) is 0 Å². The van der Waals surface area contributed by atoms with Gasteiger partial charge < -0.3 is 15.7 Å². The number of piperidine rings is 1. The average molecular weight is 348 g/mol. The number of urea groups is 1. The van der Waals surface area contributed by atoms with Crippen LogP contribution in [0.2, 0.25) is 0 Å². The van der Waals surface area contributed by atoms with Gasteiger partial charge in [0, 0.05) is 13.2 Å². The van der Waals surface area contributed by atoms with E-state index >= 15 is 0 Å². The number of imide groups is 1. The van der Waals surface area contributed by atoms with Crippen LogP contribution in [0.25, 0.3) is 0 Å². The summed E-state index contributed by atoms with van der Waals surface area (Å²) in [6.07, 6.45) is 3.89. The molecule has 0 aromatic heterocycles. The Morgan fingerprint density at radius 3 is 2.52 bits per heavy atom. The normalized spacial score (nSPS) is 25.7. The van der Waals surface area contributed by atoms with Gasteiger partial charge in [0.1, 0.15) is 5.54 Å². The van der Waals surface area contributed by atoms with Crippen LogP contribution in [0, 0.1) is 11.8 Å². The largest absolute Gasteiger partial charge is 0.396 e. The van der Waals surface area contributed by atoms with Gasteiger partial charge in [-0.2, -0.15) is 0 Å². The summed E-state index contributed by atoms with van der Waals surface area (Å²) in [5.41, 5.74) is -0.737. The minimum atomic E-state index is -0.737. The first-order chi connectivity index (χ1) is 10.5. The number of carbonyl (C=O) groups excluding carboxylic acids is 2. The molecule has 3 amide bonds.